The molecule has 0 aliphatic heterocycles. The largest absolute Gasteiger partial charge is 0.416 e. The molecule has 19 heavy (non-hydrogen) atoms. The first-order valence-corrected chi connectivity index (χ1v) is 6.07. The van der Waals surface area contributed by atoms with Gasteiger partial charge in [-0.05, 0) is 17.7 Å². The summed E-state index contributed by atoms with van der Waals surface area (Å²) in [6.45, 7) is 0. The summed E-state index contributed by atoms with van der Waals surface area (Å²) in [6, 6.07) is 2.95. The molecule has 2 aromatic rings. The van der Waals surface area contributed by atoms with Gasteiger partial charge in [0.2, 0.25) is 0 Å². The van der Waals surface area contributed by atoms with Crippen molar-refractivity contribution >= 4 is 15.9 Å². The molecular formula is C11H10BrF3N4. The van der Waals surface area contributed by atoms with Crippen LogP contribution in [0.5, 0.6) is 0 Å². The van der Waals surface area contributed by atoms with Crippen molar-refractivity contribution in [3.63, 3.8) is 0 Å². The van der Waals surface area contributed by atoms with Gasteiger partial charge in [0.25, 0.3) is 0 Å². The van der Waals surface area contributed by atoms with Gasteiger partial charge in [0.05, 0.1) is 23.5 Å². The third kappa shape index (κ3) is 2.79. The third-order valence-electron chi connectivity index (χ3n) is 2.72. The van der Waals surface area contributed by atoms with Crippen LogP contribution in [-0.4, -0.2) is 15.0 Å². The second-order valence-corrected chi connectivity index (χ2v) is 4.91. The number of alkyl halides is 3. The SMILES string of the molecule is Cn1nncc1C(N)c1ccc(Br)cc1C(F)(F)F. The number of rotatable bonds is 2. The van der Waals surface area contributed by atoms with E-state index in [4.69, 9.17) is 5.73 Å². The smallest absolute Gasteiger partial charge is 0.319 e. The molecule has 8 heteroatoms. The van der Waals surface area contributed by atoms with E-state index in [9.17, 15) is 13.2 Å². The lowest BCUT2D eigenvalue weighted by molar-refractivity contribution is -0.138. The molecule has 4 nitrogen and oxygen atoms in total. The maximum Gasteiger partial charge on any atom is 0.416 e. The molecule has 102 valence electrons. The van der Waals surface area contributed by atoms with Crippen molar-refractivity contribution in [2.75, 3.05) is 0 Å². The highest BCUT2D eigenvalue weighted by molar-refractivity contribution is 9.10. The molecule has 1 unspecified atom stereocenters. The summed E-state index contributed by atoms with van der Waals surface area (Å²) in [5.41, 5.74) is 5.52. The van der Waals surface area contributed by atoms with Gasteiger partial charge in [-0.25, -0.2) is 0 Å². The normalized spacial score (nSPS) is 13.6. The van der Waals surface area contributed by atoms with Gasteiger partial charge in [0.1, 0.15) is 0 Å². The number of benzene rings is 1. The Morgan fingerprint density at radius 2 is 2.05 bits per heavy atom. The number of halogens is 4. The van der Waals surface area contributed by atoms with Crippen molar-refractivity contribution in [2.45, 2.75) is 12.2 Å². The second kappa shape index (κ2) is 4.93. The van der Waals surface area contributed by atoms with E-state index in [0.717, 1.165) is 6.07 Å². The topological polar surface area (TPSA) is 56.7 Å². The maximum atomic E-state index is 13.0. The molecule has 0 radical (unpaired) electrons. The summed E-state index contributed by atoms with van der Waals surface area (Å²) in [5.74, 6) is 0. The van der Waals surface area contributed by atoms with Crippen molar-refractivity contribution in [1.29, 1.82) is 0 Å². The van der Waals surface area contributed by atoms with Crippen molar-refractivity contribution in [3.8, 4) is 0 Å². The summed E-state index contributed by atoms with van der Waals surface area (Å²) in [4.78, 5) is 0. The highest BCUT2D eigenvalue weighted by Crippen LogP contribution is 2.37. The average molecular weight is 335 g/mol. The van der Waals surface area contributed by atoms with E-state index < -0.39 is 17.8 Å². The fraction of sp³-hybridized carbons (Fsp3) is 0.273. The molecule has 0 bridgehead atoms. The molecule has 2 N–H and O–H groups in total. The molecule has 0 fully saturated rings. The predicted molar refractivity (Wildman–Crippen MR) is 66.2 cm³/mol. The van der Waals surface area contributed by atoms with Crippen LogP contribution < -0.4 is 5.73 Å². The Morgan fingerprint density at radius 3 is 2.58 bits per heavy atom. The lowest BCUT2D eigenvalue weighted by atomic mass is 9.98. The van der Waals surface area contributed by atoms with Gasteiger partial charge < -0.3 is 5.73 Å². The van der Waals surface area contributed by atoms with Crippen LogP contribution in [0.25, 0.3) is 0 Å². The summed E-state index contributed by atoms with van der Waals surface area (Å²) < 4.78 is 40.7. The Morgan fingerprint density at radius 1 is 1.37 bits per heavy atom. The van der Waals surface area contributed by atoms with E-state index in [2.05, 4.69) is 26.2 Å². The zero-order valence-corrected chi connectivity index (χ0v) is 11.4. The summed E-state index contributed by atoms with van der Waals surface area (Å²) in [7, 11) is 1.58. The molecule has 0 saturated heterocycles. The number of aromatic nitrogens is 3. The fourth-order valence-corrected chi connectivity index (χ4v) is 2.14. The van der Waals surface area contributed by atoms with E-state index >= 15 is 0 Å². The third-order valence-corrected chi connectivity index (χ3v) is 3.22. The van der Waals surface area contributed by atoms with Crippen molar-refractivity contribution < 1.29 is 13.2 Å². The number of nitrogens with two attached hydrogens (primary N) is 1. The zero-order chi connectivity index (χ0) is 14.2. The maximum absolute atomic E-state index is 13.0. The monoisotopic (exact) mass is 334 g/mol. The first-order valence-electron chi connectivity index (χ1n) is 5.27. The molecule has 0 saturated carbocycles. The number of hydrogen-bond donors (Lipinski definition) is 1. The van der Waals surface area contributed by atoms with Crippen LogP contribution in [0, 0.1) is 0 Å². The van der Waals surface area contributed by atoms with Crippen LogP contribution in [0.3, 0.4) is 0 Å². The molecule has 0 spiro atoms. The Kier molecular flexibility index (Phi) is 3.64. The van der Waals surface area contributed by atoms with Crippen molar-refractivity contribution in [2.24, 2.45) is 12.8 Å². The predicted octanol–water partition coefficient (Wildman–Crippen LogP) is 2.64. The first kappa shape index (κ1) is 14.0. The highest BCUT2D eigenvalue weighted by atomic mass is 79.9. The van der Waals surface area contributed by atoms with Crippen LogP contribution in [0.2, 0.25) is 0 Å². The van der Waals surface area contributed by atoms with Crippen LogP contribution in [0.1, 0.15) is 22.9 Å². The van der Waals surface area contributed by atoms with Gasteiger partial charge in [-0.2, -0.15) is 13.2 Å². The highest BCUT2D eigenvalue weighted by Gasteiger charge is 2.35. The molecule has 1 heterocycles. The van der Waals surface area contributed by atoms with Crippen molar-refractivity contribution in [3.05, 3.63) is 45.7 Å². The van der Waals surface area contributed by atoms with Crippen LogP contribution in [0.4, 0.5) is 13.2 Å². The minimum Gasteiger partial charge on any atom is -0.319 e. The zero-order valence-electron chi connectivity index (χ0n) is 9.82. The second-order valence-electron chi connectivity index (χ2n) is 3.99. The molecule has 1 atom stereocenters. The van der Waals surface area contributed by atoms with E-state index in [-0.39, 0.29) is 5.56 Å². The standard InChI is InChI=1S/C11H10BrF3N4/c1-19-9(5-17-18-19)10(16)7-3-2-6(12)4-8(7)11(13,14)15/h2-5,10H,16H2,1H3. The Balaban J connectivity index is 2.54. The van der Waals surface area contributed by atoms with Crippen molar-refractivity contribution in [1.82, 2.24) is 15.0 Å². The van der Waals surface area contributed by atoms with E-state index in [1.807, 2.05) is 0 Å². The van der Waals surface area contributed by atoms with Gasteiger partial charge in [-0.15, -0.1) is 5.10 Å². The van der Waals surface area contributed by atoms with Gasteiger partial charge >= 0.3 is 6.18 Å². The Bertz CT molecular complexity index is 594. The minimum absolute atomic E-state index is 0.0129. The molecule has 0 amide bonds. The van der Waals surface area contributed by atoms with Gasteiger partial charge in [-0.3, -0.25) is 4.68 Å². The molecular weight excluding hydrogens is 325 g/mol. The lowest BCUT2D eigenvalue weighted by Gasteiger charge is -2.18. The number of aryl methyl sites for hydroxylation is 1. The average Bonchev–Trinajstić information content (AvgIpc) is 2.73. The Labute approximate surface area is 115 Å². The van der Waals surface area contributed by atoms with Crippen LogP contribution in [0.15, 0.2) is 28.9 Å². The molecule has 2 rings (SSSR count). The van der Waals surface area contributed by atoms with Gasteiger partial charge in [0.15, 0.2) is 0 Å². The van der Waals surface area contributed by atoms with E-state index in [1.165, 1.54) is 23.0 Å². The van der Waals surface area contributed by atoms with Crippen LogP contribution in [-0.2, 0) is 13.2 Å². The lowest BCUT2D eigenvalue weighted by Crippen LogP contribution is -2.20. The van der Waals surface area contributed by atoms with Crippen LogP contribution >= 0.6 is 15.9 Å². The van der Waals surface area contributed by atoms with E-state index in [0.29, 0.717) is 10.2 Å². The molecule has 0 aliphatic carbocycles. The quantitative estimate of drug-likeness (QED) is 0.918. The summed E-state index contributed by atoms with van der Waals surface area (Å²) in [6.07, 6.45) is -3.12. The molecule has 0 aliphatic rings. The fourth-order valence-electron chi connectivity index (χ4n) is 1.78. The number of nitrogens with zero attached hydrogens (tertiary/aromatic N) is 3. The van der Waals surface area contributed by atoms with Gasteiger partial charge in [-0.1, -0.05) is 27.2 Å². The molecule has 1 aromatic carbocycles. The Hall–Kier alpha value is -1.41. The summed E-state index contributed by atoms with van der Waals surface area (Å²) in [5, 5.41) is 7.29. The first-order chi connectivity index (χ1) is 8.80. The van der Waals surface area contributed by atoms with E-state index in [1.54, 1.807) is 7.05 Å². The number of hydrogen-bond acceptors (Lipinski definition) is 3. The minimum atomic E-state index is -4.47. The molecule has 1 aromatic heterocycles. The summed E-state index contributed by atoms with van der Waals surface area (Å²) >= 11 is 3.03. The van der Waals surface area contributed by atoms with Gasteiger partial charge in [0, 0.05) is 11.5 Å².